The highest BCUT2D eigenvalue weighted by Crippen LogP contribution is 2.16. The van der Waals surface area contributed by atoms with Gasteiger partial charge in [0.15, 0.2) is 0 Å². The lowest BCUT2D eigenvalue weighted by atomic mass is 10.3. The lowest BCUT2D eigenvalue weighted by Gasteiger charge is -2.03. The molecule has 4 heteroatoms. The molecule has 0 spiro atoms. The van der Waals surface area contributed by atoms with E-state index in [9.17, 15) is 0 Å². The second-order valence-electron chi connectivity index (χ2n) is 1.58. The number of halogens is 4. The Morgan fingerprint density at radius 3 is 1.89 bits per heavy atom. The predicted octanol–water partition coefficient (Wildman–Crippen LogP) is 3.54. The Morgan fingerprint density at radius 2 is 1.78 bits per heavy atom. The second kappa shape index (κ2) is 4.68. The third-order valence-corrected chi connectivity index (χ3v) is 1.88. The van der Waals surface area contributed by atoms with Gasteiger partial charge >= 0.3 is 0 Å². The molecule has 0 bridgehead atoms. The summed E-state index contributed by atoms with van der Waals surface area (Å²) in [5, 5.41) is -0.448. The van der Waals surface area contributed by atoms with Crippen LogP contribution in [0.5, 0.6) is 0 Å². The van der Waals surface area contributed by atoms with Crippen molar-refractivity contribution in [2.24, 2.45) is 0 Å². The average molecular weight is 208 g/mol. The maximum absolute atomic E-state index is 5.63. The van der Waals surface area contributed by atoms with Gasteiger partial charge in [-0.05, 0) is 13.0 Å². The summed E-state index contributed by atoms with van der Waals surface area (Å²) in [6.07, 6.45) is 1.49. The molecule has 0 rings (SSSR count). The first-order chi connectivity index (χ1) is 4.04. The van der Waals surface area contributed by atoms with Gasteiger partial charge in [0, 0.05) is 0 Å². The first-order valence-electron chi connectivity index (χ1n) is 2.35. The first-order valence-corrected chi connectivity index (χ1v) is 3.98. The van der Waals surface area contributed by atoms with E-state index in [1.165, 1.54) is 6.08 Å². The number of hydrogen-bond donors (Lipinski definition) is 0. The molecule has 0 heterocycles. The molecule has 0 aromatic rings. The molecule has 54 valence electrons. The van der Waals surface area contributed by atoms with Crippen molar-refractivity contribution < 1.29 is 0 Å². The number of rotatable bonds is 2. The number of alkyl halides is 2. The van der Waals surface area contributed by atoms with E-state index in [4.69, 9.17) is 46.4 Å². The summed E-state index contributed by atoms with van der Waals surface area (Å²) in [5.41, 5.74) is 0. The van der Waals surface area contributed by atoms with Crippen LogP contribution in [0.25, 0.3) is 0 Å². The van der Waals surface area contributed by atoms with Crippen LogP contribution in [0.15, 0.2) is 10.6 Å². The van der Waals surface area contributed by atoms with E-state index in [1.54, 1.807) is 6.92 Å². The minimum atomic E-state index is -0.295. The SMILES string of the molecule is C[C@@H](Cl)[C@@H](Cl)C=C(Cl)Cl. The Balaban J connectivity index is 3.76. The van der Waals surface area contributed by atoms with Gasteiger partial charge in [-0.15, -0.1) is 23.2 Å². The molecule has 0 saturated heterocycles. The standard InChI is InChI=1S/C5H6Cl4/c1-3(6)4(7)2-5(8)9/h2-4H,1H3/t3-,4+/m1/s1. The van der Waals surface area contributed by atoms with Gasteiger partial charge in [0.25, 0.3) is 0 Å². The van der Waals surface area contributed by atoms with Gasteiger partial charge in [0.2, 0.25) is 0 Å². The van der Waals surface area contributed by atoms with Crippen LogP contribution in [0.1, 0.15) is 6.92 Å². The quantitative estimate of drug-likeness (QED) is 0.608. The van der Waals surface area contributed by atoms with E-state index >= 15 is 0 Å². The fraction of sp³-hybridized carbons (Fsp3) is 0.600. The summed E-state index contributed by atoms with van der Waals surface area (Å²) >= 11 is 21.8. The van der Waals surface area contributed by atoms with E-state index in [2.05, 4.69) is 0 Å². The highest BCUT2D eigenvalue weighted by atomic mass is 35.5. The van der Waals surface area contributed by atoms with Gasteiger partial charge in [-0.3, -0.25) is 0 Å². The van der Waals surface area contributed by atoms with Crippen molar-refractivity contribution in [1.29, 1.82) is 0 Å². The monoisotopic (exact) mass is 206 g/mol. The number of allylic oxidation sites excluding steroid dienone is 1. The van der Waals surface area contributed by atoms with Crippen molar-refractivity contribution in [3.8, 4) is 0 Å². The van der Waals surface area contributed by atoms with E-state index in [1.807, 2.05) is 0 Å². The van der Waals surface area contributed by atoms with Crippen LogP contribution < -0.4 is 0 Å². The van der Waals surface area contributed by atoms with Gasteiger partial charge in [-0.1, -0.05) is 23.2 Å². The molecule has 2 atom stereocenters. The Bertz CT molecular complexity index is 104. The van der Waals surface area contributed by atoms with Crippen molar-refractivity contribution in [3.05, 3.63) is 10.6 Å². The molecular formula is C5H6Cl4. The summed E-state index contributed by atoms with van der Waals surface area (Å²) in [5.74, 6) is 0. The maximum Gasteiger partial charge on any atom is 0.104 e. The zero-order valence-electron chi connectivity index (χ0n) is 4.74. The summed E-state index contributed by atoms with van der Waals surface area (Å²) in [7, 11) is 0. The van der Waals surface area contributed by atoms with Crippen molar-refractivity contribution in [2.75, 3.05) is 0 Å². The minimum Gasteiger partial charge on any atom is -0.121 e. The molecule has 0 aliphatic carbocycles. The lowest BCUT2D eigenvalue weighted by molar-refractivity contribution is 0.976. The van der Waals surface area contributed by atoms with Gasteiger partial charge in [0.05, 0.1) is 10.8 Å². The molecule has 0 amide bonds. The average Bonchev–Trinajstić information content (AvgIpc) is 1.63. The van der Waals surface area contributed by atoms with E-state index in [0.717, 1.165) is 0 Å². The fourth-order valence-electron chi connectivity index (χ4n) is 0.253. The van der Waals surface area contributed by atoms with Crippen molar-refractivity contribution >= 4 is 46.4 Å². The number of hydrogen-bond acceptors (Lipinski definition) is 0. The van der Waals surface area contributed by atoms with Gasteiger partial charge in [-0.25, -0.2) is 0 Å². The van der Waals surface area contributed by atoms with E-state index < -0.39 is 0 Å². The molecular weight excluding hydrogens is 202 g/mol. The molecule has 9 heavy (non-hydrogen) atoms. The van der Waals surface area contributed by atoms with Gasteiger partial charge in [0.1, 0.15) is 4.49 Å². The van der Waals surface area contributed by atoms with Crippen LogP contribution in [-0.4, -0.2) is 10.8 Å². The zero-order chi connectivity index (χ0) is 7.44. The normalized spacial score (nSPS) is 16.6. The Kier molecular flexibility index (Phi) is 5.14. The lowest BCUT2D eigenvalue weighted by Crippen LogP contribution is -2.06. The molecule has 0 radical (unpaired) electrons. The maximum atomic E-state index is 5.63. The van der Waals surface area contributed by atoms with Crippen LogP contribution in [0.3, 0.4) is 0 Å². The summed E-state index contributed by atoms with van der Waals surface area (Å²) in [6, 6.07) is 0. The molecule has 0 aromatic heterocycles. The Hall–Kier alpha value is 0.900. The van der Waals surface area contributed by atoms with Crippen LogP contribution in [-0.2, 0) is 0 Å². The molecule has 0 nitrogen and oxygen atoms in total. The van der Waals surface area contributed by atoms with Crippen LogP contribution in [0.2, 0.25) is 0 Å². The van der Waals surface area contributed by atoms with E-state index in [0.29, 0.717) is 0 Å². The summed E-state index contributed by atoms with van der Waals surface area (Å²) < 4.78 is 0.155. The smallest absolute Gasteiger partial charge is 0.104 e. The molecule has 0 aromatic carbocycles. The fourth-order valence-corrected chi connectivity index (χ4v) is 0.852. The predicted molar refractivity (Wildman–Crippen MR) is 44.7 cm³/mol. The summed E-state index contributed by atoms with van der Waals surface area (Å²) in [4.78, 5) is 0. The Morgan fingerprint density at radius 1 is 1.33 bits per heavy atom. The minimum absolute atomic E-state index is 0.154. The third kappa shape index (κ3) is 5.35. The second-order valence-corrected chi connectivity index (χ2v) is 3.78. The first kappa shape index (κ1) is 9.90. The molecule has 0 fully saturated rings. The van der Waals surface area contributed by atoms with Crippen LogP contribution in [0.4, 0.5) is 0 Å². The topological polar surface area (TPSA) is 0 Å². The van der Waals surface area contributed by atoms with Gasteiger partial charge < -0.3 is 0 Å². The molecule has 0 unspecified atom stereocenters. The molecule has 0 saturated carbocycles. The van der Waals surface area contributed by atoms with E-state index in [-0.39, 0.29) is 15.2 Å². The highest BCUT2D eigenvalue weighted by Gasteiger charge is 2.07. The summed E-state index contributed by atoms with van der Waals surface area (Å²) in [6.45, 7) is 1.77. The zero-order valence-corrected chi connectivity index (χ0v) is 7.77. The Labute approximate surface area is 74.7 Å². The molecule has 0 N–H and O–H groups in total. The van der Waals surface area contributed by atoms with Crippen LogP contribution in [0, 0.1) is 0 Å². The van der Waals surface area contributed by atoms with Crippen molar-refractivity contribution in [3.63, 3.8) is 0 Å². The molecule has 0 aliphatic heterocycles. The van der Waals surface area contributed by atoms with Crippen molar-refractivity contribution in [1.82, 2.24) is 0 Å². The highest BCUT2D eigenvalue weighted by molar-refractivity contribution is 6.56. The van der Waals surface area contributed by atoms with Crippen LogP contribution >= 0.6 is 46.4 Å². The van der Waals surface area contributed by atoms with Gasteiger partial charge in [-0.2, -0.15) is 0 Å². The van der Waals surface area contributed by atoms with Crippen molar-refractivity contribution in [2.45, 2.75) is 17.7 Å². The largest absolute Gasteiger partial charge is 0.121 e. The third-order valence-electron chi connectivity index (χ3n) is 0.724. The molecule has 0 aliphatic rings.